The monoisotopic (exact) mass is 342 g/mol. The first-order valence-electron chi connectivity index (χ1n) is 9.09. The number of aliphatic hydroxyl groups excluding tert-OH is 2. The van der Waals surface area contributed by atoms with E-state index in [1.807, 2.05) is 0 Å². The van der Waals surface area contributed by atoms with Crippen LogP contribution in [-0.4, -0.2) is 46.3 Å². The predicted octanol–water partition coefficient (Wildman–Crippen LogP) is 1.34. The minimum absolute atomic E-state index is 0.00162. The van der Waals surface area contributed by atoms with Crippen LogP contribution >= 0.6 is 0 Å². The molecule has 0 bridgehead atoms. The average Bonchev–Trinajstić information content (AvgIpc) is 2.46. The lowest BCUT2D eigenvalue weighted by molar-refractivity contribution is -0.121. The van der Waals surface area contributed by atoms with Gasteiger partial charge in [0.25, 0.3) is 0 Å². The van der Waals surface area contributed by atoms with Crippen molar-refractivity contribution in [3.63, 3.8) is 0 Å². The Hall–Kier alpha value is -1.14. The normalized spacial score (nSPS) is 36.1. The summed E-state index contributed by atoms with van der Waals surface area (Å²) in [6.45, 7) is 7.14. The lowest BCUT2D eigenvalue weighted by Crippen LogP contribution is -2.41. The fraction of sp³-hybridized carbons (Fsp3) is 0.889. The van der Waals surface area contributed by atoms with Crippen molar-refractivity contribution >= 4 is 11.8 Å². The first kappa shape index (κ1) is 20.9. The third kappa shape index (κ3) is 7.62. The van der Waals surface area contributed by atoms with Gasteiger partial charge in [-0.25, -0.2) is 0 Å². The van der Waals surface area contributed by atoms with E-state index in [4.69, 9.17) is 0 Å². The quantitative estimate of drug-likeness (QED) is 0.609. The molecule has 0 aliphatic heterocycles. The summed E-state index contributed by atoms with van der Waals surface area (Å²) in [4.78, 5) is 21.4. The number of aliphatic hydroxyl groups is 2. The summed E-state index contributed by atoms with van der Waals surface area (Å²) in [6.07, 6.45) is 4.95. The highest BCUT2D eigenvalue weighted by Gasteiger charge is 2.26. The van der Waals surface area contributed by atoms with Crippen molar-refractivity contribution in [1.82, 2.24) is 10.6 Å². The highest BCUT2D eigenvalue weighted by Crippen LogP contribution is 2.24. The highest BCUT2D eigenvalue weighted by atomic mass is 16.3. The molecule has 0 heterocycles. The molecule has 0 aromatic rings. The van der Waals surface area contributed by atoms with Gasteiger partial charge in [-0.3, -0.25) is 9.59 Å². The minimum Gasteiger partial charge on any atom is -0.393 e. The van der Waals surface area contributed by atoms with E-state index in [0.29, 0.717) is 24.7 Å². The SMILES string of the molecule is CC(=O)N[C@@H]1CC[C@@H](C)[C@H](O)C1.CC(=O)N[C@H]1CC[C@H](C)[C@@H](O)C1. The summed E-state index contributed by atoms with van der Waals surface area (Å²) in [5.41, 5.74) is 0. The average molecular weight is 342 g/mol. The van der Waals surface area contributed by atoms with Crippen LogP contribution in [0.15, 0.2) is 0 Å². The minimum atomic E-state index is -0.240. The number of rotatable bonds is 2. The highest BCUT2D eigenvalue weighted by molar-refractivity contribution is 5.73. The molecule has 140 valence electrons. The summed E-state index contributed by atoms with van der Waals surface area (Å²) in [6, 6.07) is 0.377. The zero-order valence-corrected chi connectivity index (χ0v) is 15.4. The number of hydrogen-bond acceptors (Lipinski definition) is 4. The summed E-state index contributed by atoms with van der Waals surface area (Å²) in [5, 5.41) is 24.7. The van der Waals surface area contributed by atoms with Crippen molar-refractivity contribution in [2.75, 3.05) is 0 Å². The van der Waals surface area contributed by atoms with Gasteiger partial charge < -0.3 is 20.8 Å². The molecular weight excluding hydrogens is 308 g/mol. The molecule has 2 rings (SSSR count). The number of amides is 2. The van der Waals surface area contributed by atoms with Gasteiger partial charge in [0.1, 0.15) is 0 Å². The van der Waals surface area contributed by atoms with Gasteiger partial charge in [-0.15, -0.1) is 0 Å². The maximum Gasteiger partial charge on any atom is 0.217 e. The lowest BCUT2D eigenvalue weighted by atomic mass is 9.85. The van der Waals surface area contributed by atoms with Gasteiger partial charge in [0, 0.05) is 25.9 Å². The Kier molecular flexibility index (Phi) is 8.70. The third-order valence-corrected chi connectivity index (χ3v) is 5.12. The second-order valence-electron chi connectivity index (χ2n) is 7.51. The van der Waals surface area contributed by atoms with E-state index < -0.39 is 0 Å². The smallest absolute Gasteiger partial charge is 0.217 e. The Morgan fingerprint density at radius 2 is 1.08 bits per heavy atom. The van der Waals surface area contributed by atoms with E-state index in [1.165, 1.54) is 13.8 Å². The van der Waals surface area contributed by atoms with Gasteiger partial charge in [-0.1, -0.05) is 13.8 Å². The maximum absolute atomic E-state index is 10.7. The second kappa shape index (κ2) is 9.99. The van der Waals surface area contributed by atoms with Crippen LogP contribution in [0, 0.1) is 11.8 Å². The van der Waals surface area contributed by atoms with Crippen molar-refractivity contribution in [3.8, 4) is 0 Å². The summed E-state index contributed by atoms with van der Waals surface area (Å²) < 4.78 is 0. The number of carbonyl (C=O) groups excluding carboxylic acids is 2. The zero-order chi connectivity index (χ0) is 18.3. The van der Waals surface area contributed by atoms with Crippen LogP contribution in [0.1, 0.15) is 66.2 Å². The largest absolute Gasteiger partial charge is 0.393 e. The molecule has 2 aliphatic rings. The second-order valence-corrected chi connectivity index (χ2v) is 7.51. The Morgan fingerprint density at radius 1 is 0.750 bits per heavy atom. The Bertz CT molecular complexity index is 378. The first-order valence-corrected chi connectivity index (χ1v) is 9.09. The van der Waals surface area contributed by atoms with Crippen LogP contribution in [0.3, 0.4) is 0 Å². The predicted molar refractivity (Wildman–Crippen MR) is 93.3 cm³/mol. The van der Waals surface area contributed by atoms with Crippen LogP contribution < -0.4 is 10.6 Å². The van der Waals surface area contributed by atoms with E-state index in [0.717, 1.165) is 25.7 Å². The summed E-state index contributed by atoms with van der Waals surface area (Å²) >= 11 is 0. The molecule has 6 nitrogen and oxygen atoms in total. The van der Waals surface area contributed by atoms with Crippen molar-refractivity contribution in [2.24, 2.45) is 11.8 Å². The molecule has 0 unspecified atom stereocenters. The van der Waals surface area contributed by atoms with Crippen LogP contribution in [0.5, 0.6) is 0 Å². The molecule has 2 saturated carbocycles. The van der Waals surface area contributed by atoms with Gasteiger partial charge in [0.15, 0.2) is 0 Å². The van der Waals surface area contributed by atoms with Crippen LogP contribution in [0.4, 0.5) is 0 Å². The third-order valence-electron chi connectivity index (χ3n) is 5.12. The van der Waals surface area contributed by atoms with Gasteiger partial charge in [0.2, 0.25) is 11.8 Å². The van der Waals surface area contributed by atoms with Crippen molar-refractivity contribution in [1.29, 1.82) is 0 Å². The van der Waals surface area contributed by atoms with Gasteiger partial charge in [0.05, 0.1) is 12.2 Å². The molecule has 0 saturated heterocycles. The molecule has 0 spiro atoms. The summed E-state index contributed by atoms with van der Waals surface area (Å²) in [5.74, 6) is 0.772. The number of hydrogen-bond donors (Lipinski definition) is 4. The molecule has 0 aromatic carbocycles. The molecule has 2 fully saturated rings. The standard InChI is InChI=1S/2C9H17NO2/c2*1-6-3-4-8(5-9(6)12)10-7(2)11/h2*6,8-9,12H,3-5H2,1-2H3,(H,10,11)/t2*6-,8-,9-/m10/s1. The Labute approximate surface area is 145 Å². The fourth-order valence-electron chi connectivity index (χ4n) is 3.43. The maximum atomic E-state index is 10.7. The van der Waals surface area contributed by atoms with E-state index in [9.17, 15) is 19.8 Å². The Balaban J connectivity index is 0.000000240. The van der Waals surface area contributed by atoms with Crippen LogP contribution in [0.25, 0.3) is 0 Å². The van der Waals surface area contributed by atoms with Crippen LogP contribution in [0.2, 0.25) is 0 Å². The van der Waals surface area contributed by atoms with E-state index in [1.54, 1.807) is 0 Å². The van der Waals surface area contributed by atoms with Gasteiger partial charge >= 0.3 is 0 Å². The molecular formula is C18H34N2O4. The summed E-state index contributed by atoms with van der Waals surface area (Å²) in [7, 11) is 0. The molecule has 0 radical (unpaired) electrons. The molecule has 2 amide bonds. The Morgan fingerprint density at radius 3 is 1.33 bits per heavy atom. The molecule has 24 heavy (non-hydrogen) atoms. The van der Waals surface area contributed by atoms with Gasteiger partial charge in [-0.2, -0.15) is 0 Å². The van der Waals surface area contributed by atoms with E-state index in [-0.39, 0.29) is 36.1 Å². The van der Waals surface area contributed by atoms with Crippen LogP contribution in [-0.2, 0) is 9.59 Å². The number of carbonyl (C=O) groups is 2. The molecule has 6 heteroatoms. The van der Waals surface area contributed by atoms with E-state index >= 15 is 0 Å². The first-order chi connectivity index (χ1) is 11.2. The fourth-order valence-corrected chi connectivity index (χ4v) is 3.43. The van der Waals surface area contributed by atoms with Crippen molar-refractivity contribution in [2.45, 2.75) is 90.5 Å². The molecule has 2 aliphatic carbocycles. The number of nitrogens with one attached hydrogen (secondary N) is 2. The van der Waals surface area contributed by atoms with Crippen molar-refractivity contribution < 1.29 is 19.8 Å². The zero-order valence-electron chi connectivity index (χ0n) is 15.4. The lowest BCUT2D eigenvalue weighted by Gasteiger charge is -2.31. The van der Waals surface area contributed by atoms with Gasteiger partial charge in [-0.05, 0) is 50.4 Å². The molecule has 6 atom stereocenters. The molecule has 0 aromatic heterocycles. The molecule has 4 N–H and O–H groups in total. The van der Waals surface area contributed by atoms with E-state index in [2.05, 4.69) is 24.5 Å². The topological polar surface area (TPSA) is 98.7 Å². The van der Waals surface area contributed by atoms with Crippen molar-refractivity contribution in [3.05, 3.63) is 0 Å².